The summed E-state index contributed by atoms with van der Waals surface area (Å²) < 4.78 is 26.4. The van der Waals surface area contributed by atoms with Gasteiger partial charge in [0.15, 0.2) is 0 Å². The zero-order chi connectivity index (χ0) is 17.4. The quantitative estimate of drug-likeness (QED) is 0.785. The van der Waals surface area contributed by atoms with Crippen molar-refractivity contribution < 1.29 is 8.42 Å². The molecule has 126 valence electrons. The van der Waals surface area contributed by atoms with Gasteiger partial charge in [-0.2, -0.15) is 0 Å². The normalized spacial score (nSPS) is 12.6. The van der Waals surface area contributed by atoms with Gasteiger partial charge >= 0.3 is 0 Å². The average molecular weight is 335 g/mol. The van der Waals surface area contributed by atoms with E-state index in [1.165, 1.54) is 5.56 Å². The molecule has 0 amide bonds. The van der Waals surface area contributed by atoms with E-state index in [1.807, 2.05) is 19.9 Å². The molecule has 0 N–H and O–H groups in total. The maximum atomic E-state index is 12.9. The first kappa shape index (κ1) is 17.6. The molecule has 0 atom stereocenters. The van der Waals surface area contributed by atoms with E-state index >= 15 is 0 Å². The molecule has 0 bridgehead atoms. The molecule has 0 saturated heterocycles. The highest BCUT2D eigenvalue weighted by Crippen LogP contribution is 2.37. The Kier molecular flexibility index (Phi) is 4.89. The molecule has 0 unspecified atom stereocenters. The first-order valence-corrected chi connectivity index (χ1v) is 9.20. The molecule has 2 aromatic rings. The number of rotatable bonds is 5. The molecule has 0 aliphatic rings. The number of benzene rings is 1. The molecule has 0 saturated carbocycles. The van der Waals surface area contributed by atoms with E-state index in [2.05, 4.69) is 49.5 Å². The van der Waals surface area contributed by atoms with Gasteiger partial charge in [-0.25, -0.2) is 14.7 Å². The second-order valence-electron chi connectivity index (χ2n) is 6.57. The Bertz CT molecular complexity index is 779. The summed E-state index contributed by atoms with van der Waals surface area (Å²) in [5.41, 5.74) is 3.13. The lowest BCUT2D eigenvalue weighted by Gasteiger charge is -2.26. The van der Waals surface area contributed by atoms with E-state index in [0.29, 0.717) is 10.0 Å². The van der Waals surface area contributed by atoms with Crippen LogP contribution in [0.3, 0.4) is 0 Å². The summed E-state index contributed by atoms with van der Waals surface area (Å²) in [7, 11) is -3.84. The second-order valence-corrected chi connectivity index (χ2v) is 8.31. The Balaban J connectivity index is 2.83. The molecule has 1 heterocycles. The van der Waals surface area contributed by atoms with Crippen LogP contribution in [0.15, 0.2) is 17.0 Å². The van der Waals surface area contributed by atoms with E-state index in [1.54, 1.807) is 6.07 Å². The predicted octanol–water partition coefficient (Wildman–Crippen LogP) is 3.08. The van der Waals surface area contributed by atoms with Crippen molar-refractivity contribution in [2.24, 2.45) is 0 Å². The van der Waals surface area contributed by atoms with Crippen molar-refractivity contribution in [3.05, 3.63) is 35.2 Å². The largest absolute Gasteiger partial charge is 0.330 e. The summed E-state index contributed by atoms with van der Waals surface area (Å²) in [4.78, 5) is 0.254. The third-order valence-corrected chi connectivity index (χ3v) is 5.38. The van der Waals surface area contributed by atoms with E-state index < -0.39 is 10.0 Å². The predicted molar refractivity (Wildman–Crippen MR) is 87.9 cm³/mol. The maximum absolute atomic E-state index is 12.9. The fraction of sp³-hybridized carbons (Fsp3) is 0.562. The van der Waals surface area contributed by atoms with Crippen LogP contribution in [-0.2, 0) is 10.0 Å². The minimum absolute atomic E-state index is 0.0624. The van der Waals surface area contributed by atoms with E-state index in [4.69, 9.17) is 0 Å². The van der Waals surface area contributed by atoms with E-state index in [0.717, 1.165) is 11.1 Å². The first-order valence-electron chi connectivity index (χ1n) is 7.76. The summed E-state index contributed by atoms with van der Waals surface area (Å²) in [5, 5.41) is 10.2. The molecular weight excluding hydrogens is 312 g/mol. The summed E-state index contributed by atoms with van der Waals surface area (Å²) >= 11 is 0. The van der Waals surface area contributed by atoms with Gasteiger partial charge in [-0.05, 0) is 40.5 Å². The number of hydrogen-bond acceptors (Lipinski definition) is 5. The highest BCUT2D eigenvalue weighted by molar-refractivity contribution is 7.89. The smallest absolute Gasteiger partial charge is 0.255 e. The fourth-order valence-electron chi connectivity index (χ4n) is 2.93. The molecule has 0 radical (unpaired) electrons. The lowest BCUT2D eigenvalue weighted by molar-refractivity contribution is 0.573. The van der Waals surface area contributed by atoms with Crippen LogP contribution in [0.4, 0.5) is 0 Å². The Morgan fingerprint density at radius 2 is 1.57 bits per heavy atom. The van der Waals surface area contributed by atoms with Crippen LogP contribution in [-0.4, -0.2) is 28.0 Å². The summed E-state index contributed by atoms with van der Waals surface area (Å²) in [6, 6.07) is 3.57. The Hall–Kier alpha value is -1.76. The van der Waals surface area contributed by atoms with Crippen LogP contribution in [0.5, 0.6) is 0 Å². The SMILES string of the molecule is CC(C)c1ccc(S(=O)(=O)n2[c-]nnn2)c(C(C)C)c1C(C)C. The third kappa shape index (κ3) is 3.15. The van der Waals surface area contributed by atoms with Gasteiger partial charge in [0.1, 0.15) is 0 Å². The van der Waals surface area contributed by atoms with Crippen molar-refractivity contribution in [2.45, 2.75) is 64.2 Å². The molecule has 0 spiro atoms. The Morgan fingerprint density at radius 1 is 0.957 bits per heavy atom. The average Bonchev–Trinajstić information content (AvgIpc) is 3.00. The van der Waals surface area contributed by atoms with Crippen molar-refractivity contribution in [1.82, 2.24) is 19.6 Å². The van der Waals surface area contributed by atoms with Gasteiger partial charge in [-0.3, -0.25) is 0 Å². The minimum Gasteiger partial charge on any atom is -0.330 e. The van der Waals surface area contributed by atoms with Gasteiger partial charge in [-0.15, -0.1) is 0 Å². The number of nitrogens with zero attached hydrogens (tertiary/aromatic N) is 4. The molecule has 1 aromatic carbocycles. The summed E-state index contributed by atoms with van der Waals surface area (Å²) in [6.45, 7) is 12.4. The second kappa shape index (κ2) is 6.39. The fourth-order valence-corrected chi connectivity index (χ4v) is 4.25. The molecule has 2 rings (SSSR count). The lowest BCUT2D eigenvalue weighted by Crippen LogP contribution is -2.19. The number of hydrogen-bond donors (Lipinski definition) is 0. The summed E-state index contributed by atoms with van der Waals surface area (Å²) in [6.07, 6.45) is 2.28. The van der Waals surface area contributed by atoms with E-state index in [9.17, 15) is 8.42 Å². The van der Waals surface area contributed by atoms with Gasteiger partial charge in [-0.1, -0.05) is 58.0 Å². The van der Waals surface area contributed by atoms with Gasteiger partial charge in [0, 0.05) is 0 Å². The molecule has 23 heavy (non-hydrogen) atoms. The Morgan fingerprint density at radius 3 is 2.00 bits per heavy atom. The highest BCUT2D eigenvalue weighted by atomic mass is 32.2. The van der Waals surface area contributed by atoms with Gasteiger partial charge in [0.25, 0.3) is 10.0 Å². The van der Waals surface area contributed by atoms with Crippen molar-refractivity contribution in [3.8, 4) is 0 Å². The van der Waals surface area contributed by atoms with Crippen LogP contribution in [0.1, 0.15) is 76.0 Å². The first-order chi connectivity index (χ1) is 10.7. The van der Waals surface area contributed by atoms with Crippen LogP contribution < -0.4 is 0 Å². The van der Waals surface area contributed by atoms with Crippen LogP contribution in [0.25, 0.3) is 0 Å². The van der Waals surface area contributed by atoms with E-state index in [-0.39, 0.29) is 16.7 Å². The topological polar surface area (TPSA) is 77.7 Å². The lowest BCUT2D eigenvalue weighted by atomic mass is 9.83. The molecule has 0 aliphatic carbocycles. The Labute approximate surface area is 138 Å². The van der Waals surface area contributed by atoms with Crippen LogP contribution in [0, 0.1) is 6.33 Å². The third-order valence-electron chi connectivity index (χ3n) is 3.86. The highest BCUT2D eigenvalue weighted by Gasteiger charge is 2.26. The molecule has 0 aliphatic heterocycles. The van der Waals surface area contributed by atoms with Crippen molar-refractivity contribution >= 4 is 10.0 Å². The van der Waals surface area contributed by atoms with Crippen molar-refractivity contribution in [3.63, 3.8) is 0 Å². The van der Waals surface area contributed by atoms with Crippen molar-refractivity contribution in [1.29, 1.82) is 0 Å². The number of tetrazole rings is 1. The molecular formula is C16H23N4O2S-. The minimum atomic E-state index is -3.84. The van der Waals surface area contributed by atoms with Gasteiger partial charge in [0.2, 0.25) is 0 Å². The van der Waals surface area contributed by atoms with Crippen molar-refractivity contribution in [2.75, 3.05) is 0 Å². The number of aromatic nitrogens is 4. The van der Waals surface area contributed by atoms with Crippen LogP contribution in [0.2, 0.25) is 0 Å². The van der Waals surface area contributed by atoms with Gasteiger partial charge < -0.3 is 9.19 Å². The molecule has 0 fully saturated rings. The molecule has 1 aromatic heterocycles. The summed E-state index contributed by atoms with van der Waals surface area (Å²) in [5.74, 6) is 0.603. The zero-order valence-electron chi connectivity index (χ0n) is 14.4. The van der Waals surface area contributed by atoms with Crippen LogP contribution >= 0.6 is 0 Å². The monoisotopic (exact) mass is 335 g/mol. The molecule has 6 nitrogen and oxygen atoms in total. The van der Waals surface area contributed by atoms with Gasteiger partial charge in [0.05, 0.1) is 4.90 Å². The molecule has 7 heteroatoms. The maximum Gasteiger partial charge on any atom is 0.255 e. The standard InChI is InChI=1S/C16H23N4O2S/c1-10(2)13-7-8-14(16(12(5)6)15(13)11(3)4)23(21,22)20-9-17-18-19-20/h7-8,10-12H,1-6H3/q-1. The zero-order valence-corrected chi connectivity index (χ0v) is 15.2.